The van der Waals surface area contributed by atoms with E-state index in [1.54, 1.807) is 35.2 Å². The molecule has 0 N–H and O–H groups in total. The van der Waals surface area contributed by atoms with Gasteiger partial charge in [0.1, 0.15) is 0 Å². The minimum absolute atomic E-state index is 0. The zero-order valence-corrected chi connectivity index (χ0v) is 21.3. The van der Waals surface area contributed by atoms with Crippen LogP contribution in [0.3, 0.4) is 0 Å². The topological polar surface area (TPSA) is 70.6 Å². The third-order valence-corrected chi connectivity index (χ3v) is 8.17. The van der Waals surface area contributed by atoms with Crippen LogP contribution in [0.1, 0.15) is 24.0 Å². The van der Waals surface area contributed by atoms with Crippen LogP contribution in [0, 0.1) is 13.8 Å². The fraction of sp³-hybridized carbons (Fsp3) is 0.391. The summed E-state index contributed by atoms with van der Waals surface area (Å²) >= 11 is 1.52. The number of halogens is 1. The standard InChI is InChI=1S/C23H29N3O3S2.ClH/c1-17-12-13-18(2)22-21(17)24-23(30-22)26(15-14-25(3)4)20(27)11-8-16-31(28,29)19-9-6-5-7-10-19;/h5-7,9-10,12-13H,8,11,14-16H2,1-4H3;1H. The Morgan fingerprint density at radius 3 is 2.28 bits per heavy atom. The summed E-state index contributed by atoms with van der Waals surface area (Å²) in [7, 11) is 0.524. The van der Waals surface area contributed by atoms with E-state index in [1.807, 2.05) is 38.9 Å². The third-order valence-electron chi connectivity index (χ3n) is 5.14. The number of rotatable bonds is 9. The van der Waals surface area contributed by atoms with Gasteiger partial charge in [-0.2, -0.15) is 0 Å². The van der Waals surface area contributed by atoms with Gasteiger partial charge in [-0.15, -0.1) is 12.4 Å². The second kappa shape index (κ2) is 11.2. The van der Waals surface area contributed by atoms with Crippen molar-refractivity contribution in [3.63, 3.8) is 0 Å². The van der Waals surface area contributed by atoms with Crippen LogP contribution >= 0.6 is 23.7 Å². The van der Waals surface area contributed by atoms with Crippen molar-refractivity contribution in [3.05, 3.63) is 53.6 Å². The second-order valence-electron chi connectivity index (χ2n) is 7.96. The minimum Gasteiger partial charge on any atom is -0.308 e. The van der Waals surface area contributed by atoms with E-state index in [4.69, 9.17) is 4.98 Å². The number of likely N-dealkylation sites (N-methyl/N-ethyl adjacent to an activating group) is 1. The first-order chi connectivity index (χ1) is 14.7. The number of benzene rings is 2. The summed E-state index contributed by atoms with van der Waals surface area (Å²) in [6.45, 7) is 5.27. The number of anilines is 1. The molecule has 2 aromatic carbocycles. The molecule has 174 valence electrons. The summed E-state index contributed by atoms with van der Waals surface area (Å²) in [5.74, 6) is -0.151. The van der Waals surface area contributed by atoms with Gasteiger partial charge in [-0.1, -0.05) is 41.7 Å². The molecule has 0 saturated heterocycles. The van der Waals surface area contributed by atoms with Crippen molar-refractivity contribution in [2.24, 2.45) is 0 Å². The van der Waals surface area contributed by atoms with E-state index in [9.17, 15) is 13.2 Å². The maximum Gasteiger partial charge on any atom is 0.228 e. The van der Waals surface area contributed by atoms with E-state index in [0.717, 1.165) is 21.3 Å². The highest BCUT2D eigenvalue weighted by molar-refractivity contribution is 7.91. The van der Waals surface area contributed by atoms with Crippen molar-refractivity contribution in [1.29, 1.82) is 0 Å². The predicted octanol–water partition coefficient (Wildman–Crippen LogP) is 4.48. The number of carbonyl (C=O) groups is 1. The zero-order chi connectivity index (χ0) is 22.6. The zero-order valence-electron chi connectivity index (χ0n) is 18.9. The van der Waals surface area contributed by atoms with Crippen LogP contribution < -0.4 is 4.90 Å². The van der Waals surface area contributed by atoms with E-state index < -0.39 is 9.84 Å². The average Bonchev–Trinajstić information content (AvgIpc) is 3.18. The highest BCUT2D eigenvalue weighted by atomic mass is 35.5. The van der Waals surface area contributed by atoms with Gasteiger partial charge >= 0.3 is 0 Å². The van der Waals surface area contributed by atoms with Gasteiger partial charge in [0.05, 0.1) is 20.9 Å². The number of nitrogens with zero attached hydrogens (tertiary/aromatic N) is 3. The molecule has 0 unspecified atom stereocenters. The van der Waals surface area contributed by atoms with E-state index in [2.05, 4.69) is 6.07 Å². The first kappa shape index (κ1) is 26.3. The number of sulfone groups is 1. The Bertz CT molecular complexity index is 1120. The Kier molecular flexibility index (Phi) is 9.21. The molecule has 0 bridgehead atoms. The smallest absolute Gasteiger partial charge is 0.228 e. The molecule has 0 spiro atoms. The van der Waals surface area contributed by atoms with Crippen LogP contribution in [0.5, 0.6) is 0 Å². The number of amides is 1. The SMILES string of the molecule is Cc1ccc(C)c2sc(N(CCN(C)C)C(=O)CCCS(=O)(=O)c3ccccc3)nc12.Cl. The average molecular weight is 496 g/mol. The quantitative estimate of drug-likeness (QED) is 0.437. The van der Waals surface area contributed by atoms with Crippen molar-refractivity contribution >= 4 is 54.8 Å². The molecular formula is C23H30ClN3O3S2. The highest BCUT2D eigenvalue weighted by Gasteiger charge is 2.22. The fourth-order valence-corrected chi connectivity index (χ4v) is 5.77. The number of carbonyl (C=O) groups excluding carboxylic acids is 1. The lowest BCUT2D eigenvalue weighted by Gasteiger charge is -2.22. The summed E-state index contributed by atoms with van der Waals surface area (Å²) in [4.78, 5) is 21.9. The molecule has 0 atom stereocenters. The highest BCUT2D eigenvalue weighted by Crippen LogP contribution is 2.33. The van der Waals surface area contributed by atoms with Crippen molar-refractivity contribution in [2.45, 2.75) is 31.6 Å². The maximum atomic E-state index is 13.1. The van der Waals surface area contributed by atoms with E-state index in [0.29, 0.717) is 23.1 Å². The van der Waals surface area contributed by atoms with Crippen LogP contribution in [0.25, 0.3) is 10.2 Å². The molecule has 1 amide bonds. The normalized spacial score (nSPS) is 11.5. The summed E-state index contributed by atoms with van der Waals surface area (Å²) < 4.78 is 26.1. The molecule has 32 heavy (non-hydrogen) atoms. The van der Waals surface area contributed by atoms with Crippen LogP contribution in [0.2, 0.25) is 0 Å². The number of aryl methyl sites for hydroxylation is 2. The Balaban J connectivity index is 0.00000363. The Hall–Kier alpha value is -2.00. The molecule has 0 aliphatic heterocycles. The Morgan fingerprint density at radius 1 is 1.00 bits per heavy atom. The van der Waals surface area contributed by atoms with Gasteiger partial charge in [-0.05, 0) is 57.6 Å². The van der Waals surface area contributed by atoms with Gasteiger partial charge < -0.3 is 4.90 Å². The summed E-state index contributed by atoms with van der Waals surface area (Å²) in [6, 6.07) is 12.5. The summed E-state index contributed by atoms with van der Waals surface area (Å²) in [6.07, 6.45) is 0.435. The number of aromatic nitrogens is 1. The fourth-order valence-electron chi connectivity index (χ4n) is 3.28. The van der Waals surface area contributed by atoms with E-state index in [1.165, 1.54) is 11.3 Å². The van der Waals surface area contributed by atoms with Crippen LogP contribution in [-0.4, -0.2) is 57.1 Å². The number of hydrogen-bond acceptors (Lipinski definition) is 6. The van der Waals surface area contributed by atoms with Gasteiger partial charge in [-0.25, -0.2) is 13.4 Å². The largest absolute Gasteiger partial charge is 0.308 e. The van der Waals surface area contributed by atoms with Crippen LogP contribution in [0.4, 0.5) is 5.13 Å². The number of hydrogen-bond donors (Lipinski definition) is 0. The number of thiazole rings is 1. The van der Waals surface area contributed by atoms with Gasteiger partial charge in [-0.3, -0.25) is 9.69 Å². The van der Waals surface area contributed by atoms with Crippen LogP contribution in [-0.2, 0) is 14.6 Å². The molecule has 1 heterocycles. The lowest BCUT2D eigenvalue weighted by atomic mass is 10.1. The first-order valence-corrected chi connectivity index (χ1v) is 12.8. The van der Waals surface area contributed by atoms with Crippen molar-refractivity contribution in [3.8, 4) is 0 Å². The van der Waals surface area contributed by atoms with Gasteiger partial charge in [0.2, 0.25) is 5.91 Å². The van der Waals surface area contributed by atoms with Crippen molar-refractivity contribution in [2.75, 3.05) is 37.8 Å². The minimum atomic E-state index is -3.40. The molecule has 0 radical (unpaired) electrons. The lowest BCUT2D eigenvalue weighted by Crippen LogP contribution is -2.36. The monoisotopic (exact) mass is 495 g/mol. The second-order valence-corrected chi connectivity index (χ2v) is 11.0. The third kappa shape index (κ3) is 6.28. The predicted molar refractivity (Wildman–Crippen MR) is 135 cm³/mol. The maximum absolute atomic E-state index is 13.1. The molecule has 3 rings (SSSR count). The molecule has 6 nitrogen and oxygen atoms in total. The molecule has 1 aromatic heterocycles. The van der Waals surface area contributed by atoms with Crippen molar-refractivity contribution in [1.82, 2.24) is 9.88 Å². The van der Waals surface area contributed by atoms with Gasteiger partial charge in [0.15, 0.2) is 15.0 Å². The summed E-state index contributed by atoms with van der Waals surface area (Å²) in [5.41, 5.74) is 3.14. The number of fused-ring (bicyclic) bond motifs is 1. The summed E-state index contributed by atoms with van der Waals surface area (Å²) in [5, 5.41) is 0.671. The lowest BCUT2D eigenvalue weighted by molar-refractivity contribution is -0.118. The molecule has 0 fully saturated rings. The molecule has 3 aromatic rings. The Morgan fingerprint density at radius 2 is 1.66 bits per heavy atom. The van der Waals surface area contributed by atoms with Crippen LogP contribution in [0.15, 0.2) is 47.4 Å². The molecular weight excluding hydrogens is 466 g/mol. The molecule has 9 heteroatoms. The van der Waals surface area contributed by atoms with E-state index >= 15 is 0 Å². The van der Waals surface area contributed by atoms with Crippen molar-refractivity contribution < 1.29 is 13.2 Å². The van der Waals surface area contributed by atoms with Gasteiger partial charge in [0, 0.05) is 19.5 Å². The van der Waals surface area contributed by atoms with E-state index in [-0.39, 0.29) is 36.9 Å². The van der Waals surface area contributed by atoms with Gasteiger partial charge in [0.25, 0.3) is 0 Å². The molecule has 0 aliphatic rings. The molecule has 0 aliphatic carbocycles. The molecule has 0 saturated carbocycles. The Labute approximate surface area is 200 Å². The first-order valence-electron chi connectivity index (χ1n) is 10.3.